The minimum absolute atomic E-state index is 0.225. The van der Waals surface area contributed by atoms with Gasteiger partial charge in [-0.1, -0.05) is 6.07 Å². The van der Waals surface area contributed by atoms with Crippen molar-refractivity contribution in [2.24, 2.45) is 0 Å². The molecule has 1 heterocycles. The van der Waals surface area contributed by atoms with E-state index in [1.54, 1.807) is 21.3 Å². The lowest BCUT2D eigenvalue weighted by molar-refractivity contribution is 0.0737. The van der Waals surface area contributed by atoms with Gasteiger partial charge in [0.15, 0.2) is 11.5 Å². The van der Waals surface area contributed by atoms with Gasteiger partial charge in [0.05, 0.1) is 21.3 Å². The summed E-state index contributed by atoms with van der Waals surface area (Å²) < 4.78 is 16.4. The number of nitrogens with zero attached hydrogens (tertiary/aromatic N) is 2. The highest BCUT2D eigenvalue weighted by molar-refractivity contribution is 5.55. The molecule has 0 spiro atoms. The van der Waals surface area contributed by atoms with Gasteiger partial charge in [-0.2, -0.15) is 0 Å². The largest absolute Gasteiger partial charge is 0.493 e. The fourth-order valence-electron chi connectivity index (χ4n) is 3.14. The fourth-order valence-corrected chi connectivity index (χ4v) is 3.14. The van der Waals surface area contributed by atoms with Crippen LogP contribution in [0.1, 0.15) is 12.0 Å². The Morgan fingerprint density at radius 2 is 1.83 bits per heavy atom. The van der Waals surface area contributed by atoms with Crippen molar-refractivity contribution in [3.63, 3.8) is 0 Å². The molecule has 1 atom stereocenters. The van der Waals surface area contributed by atoms with Crippen molar-refractivity contribution in [2.75, 3.05) is 54.6 Å². The van der Waals surface area contributed by atoms with Crippen molar-refractivity contribution in [2.45, 2.75) is 19.0 Å². The van der Waals surface area contributed by atoms with Crippen LogP contribution >= 0.6 is 0 Å². The minimum Gasteiger partial charge on any atom is -0.493 e. The summed E-state index contributed by atoms with van der Waals surface area (Å²) in [7, 11) is 7.02. The average molecular weight is 324 g/mol. The molecule has 1 aliphatic rings. The lowest BCUT2D eigenvalue weighted by Crippen LogP contribution is -2.51. The predicted octanol–water partition coefficient (Wildman–Crippen LogP) is 1.21. The average Bonchev–Trinajstić information content (AvgIpc) is 2.57. The van der Waals surface area contributed by atoms with Crippen LogP contribution < -0.4 is 14.2 Å². The summed E-state index contributed by atoms with van der Waals surface area (Å²) in [6.45, 7) is 3.95. The molecule has 2 rings (SSSR count). The summed E-state index contributed by atoms with van der Waals surface area (Å²) in [4.78, 5) is 4.71. The van der Waals surface area contributed by atoms with Crippen molar-refractivity contribution in [3.05, 3.63) is 17.7 Å². The molecule has 1 saturated heterocycles. The first kappa shape index (κ1) is 17.8. The van der Waals surface area contributed by atoms with Gasteiger partial charge in [0.1, 0.15) is 0 Å². The number of piperazine rings is 1. The maximum absolute atomic E-state index is 9.22. The van der Waals surface area contributed by atoms with E-state index in [2.05, 4.69) is 16.8 Å². The van der Waals surface area contributed by atoms with Crippen molar-refractivity contribution >= 4 is 0 Å². The highest BCUT2D eigenvalue weighted by Gasteiger charge is 2.25. The standard InChI is InChI=1S/C17H28N2O4/c1-18-8-9-19(12-14(18)7-10-20)11-13-5-6-15(21-2)17(23-4)16(13)22-3/h5-6,14,20H,7-12H2,1-4H3/t14-/m1/s1. The maximum Gasteiger partial charge on any atom is 0.203 e. The van der Waals surface area contributed by atoms with Crippen LogP contribution in [0, 0.1) is 0 Å². The smallest absolute Gasteiger partial charge is 0.203 e. The Kier molecular flexibility index (Phi) is 6.50. The Hall–Kier alpha value is -1.50. The lowest BCUT2D eigenvalue weighted by Gasteiger charge is -2.39. The molecule has 0 aliphatic carbocycles. The van der Waals surface area contributed by atoms with Gasteiger partial charge in [0.25, 0.3) is 0 Å². The Morgan fingerprint density at radius 3 is 2.43 bits per heavy atom. The Balaban J connectivity index is 2.16. The molecule has 1 aliphatic heterocycles. The van der Waals surface area contributed by atoms with Gasteiger partial charge in [0, 0.05) is 44.4 Å². The van der Waals surface area contributed by atoms with Crippen LogP contribution in [-0.2, 0) is 6.54 Å². The number of ether oxygens (including phenoxy) is 3. The molecule has 130 valence electrons. The van der Waals surface area contributed by atoms with Crippen LogP contribution in [0.15, 0.2) is 12.1 Å². The molecule has 6 heteroatoms. The number of rotatable bonds is 7. The number of aliphatic hydroxyl groups excluding tert-OH is 1. The molecule has 0 amide bonds. The highest BCUT2D eigenvalue weighted by Crippen LogP contribution is 2.40. The van der Waals surface area contributed by atoms with Gasteiger partial charge >= 0.3 is 0 Å². The van der Waals surface area contributed by atoms with Crippen molar-refractivity contribution in [1.82, 2.24) is 9.80 Å². The van der Waals surface area contributed by atoms with Gasteiger partial charge in [0.2, 0.25) is 5.75 Å². The van der Waals surface area contributed by atoms with Crippen molar-refractivity contribution in [1.29, 1.82) is 0 Å². The molecule has 0 aromatic heterocycles. The zero-order valence-corrected chi connectivity index (χ0v) is 14.5. The number of hydrogen-bond acceptors (Lipinski definition) is 6. The van der Waals surface area contributed by atoms with Crippen LogP contribution in [-0.4, -0.2) is 75.6 Å². The first-order chi connectivity index (χ1) is 11.1. The summed E-state index contributed by atoms with van der Waals surface area (Å²) in [6, 6.07) is 4.33. The van der Waals surface area contributed by atoms with Gasteiger partial charge in [-0.15, -0.1) is 0 Å². The first-order valence-corrected chi connectivity index (χ1v) is 7.95. The quantitative estimate of drug-likeness (QED) is 0.814. The van der Waals surface area contributed by atoms with E-state index < -0.39 is 0 Å². The minimum atomic E-state index is 0.225. The number of hydrogen-bond donors (Lipinski definition) is 1. The molecule has 0 unspecified atom stereocenters. The summed E-state index contributed by atoms with van der Waals surface area (Å²) in [6.07, 6.45) is 0.802. The van der Waals surface area contributed by atoms with Crippen molar-refractivity contribution < 1.29 is 19.3 Å². The van der Waals surface area contributed by atoms with Crippen LogP contribution in [0.5, 0.6) is 17.2 Å². The molecule has 1 aromatic rings. The topological polar surface area (TPSA) is 54.4 Å². The third kappa shape index (κ3) is 4.07. The molecule has 1 fully saturated rings. The molecule has 0 saturated carbocycles. The van der Waals surface area contributed by atoms with Gasteiger partial charge < -0.3 is 24.2 Å². The summed E-state index contributed by atoms with van der Waals surface area (Å²) in [5.74, 6) is 2.03. The number of methoxy groups -OCH3 is 3. The van der Waals surface area contributed by atoms with E-state index in [1.807, 2.05) is 12.1 Å². The molecule has 6 nitrogen and oxygen atoms in total. The van der Waals surface area contributed by atoms with Crippen molar-refractivity contribution in [3.8, 4) is 17.2 Å². The van der Waals surface area contributed by atoms with E-state index in [0.717, 1.165) is 43.9 Å². The van der Waals surface area contributed by atoms with E-state index >= 15 is 0 Å². The third-order valence-electron chi connectivity index (χ3n) is 4.50. The molecular formula is C17H28N2O4. The summed E-state index contributed by atoms with van der Waals surface area (Å²) >= 11 is 0. The SMILES string of the molecule is COc1ccc(CN2CCN(C)[C@H](CCO)C2)c(OC)c1OC. The van der Waals surface area contributed by atoms with Crippen LogP contribution in [0.4, 0.5) is 0 Å². The number of aliphatic hydroxyl groups is 1. The normalized spacial score (nSPS) is 19.6. The molecule has 0 bridgehead atoms. The van der Waals surface area contributed by atoms with E-state index in [0.29, 0.717) is 17.5 Å². The fraction of sp³-hybridized carbons (Fsp3) is 0.647. The molecular weight excluding hydrogens is 296 g/mol. The first-order valence-electron chi connectivity index (χ1n) is 7.95. The Morgan fingerprint density at radius 1 is 1.09 bits per heavy atom. The van der Waals surface area contributed by atoms with Gasteiger partial charge in [-0.25, -0.2) is 0 Å². The molecule has 0 radical (unpaired) electrons. The monoisotopic (exact) mass is 324 g/mol. The van der Waals surface area contributed by atoms with Crippen LogP contribution in [0.2, 0.25) is 0 Å². The zero-order valence-electron chi connectivity index (χ0n) is 14.5. The molecule has 1 aromatic carbocycles. The van der Waals surface area contributed by atoms with E-state index in [9.17, 15) is 5.11 Å². The Labute approximate surface area is 138 Å². The van der Waals surface area contributed by atoms with Crippen LogP contribution in [0.3, 0.4) is 0 Å². The van der Waals surface area contributed by atoms with E-state index in [1.165, 1.54) is 0 Å². The Bertz CT molecular complexity index is 510. The second kappa shape index (κ2) is 8.38. The second-order valence-corrected chi connectivity index (χ2v) is 5.88. The molecule has 1 N–H and O–H groups in total. The summed E-state index contributed by atoms with van der Waals surface area (Å²) in [5.41, 5.74) is 1.08. The summed E-state index contributed by atoms with van der Waals surface area (Å²) in [5, 5.41) is 9.22. The number of likely N-dealkylation sites (N-methyl/N-ethyl adjacent to an activating group) is 1. The zero-order chi connectivity index (χ0) is 16.8. The molecule has 23 heavy (non-hydrogen) atoms. The number of benzene rings is 1. The van der Waals surface area contributed by atoms with Crippen LogP contribution in [0.25, 0.3) is 0 Å². The van der Waals surface area contributed by atoms with E-state index in [-0.39, 0.29) is 6.61 Å². The third-order valence-corrected chi connectivity index (χ3v) is 4.50. The maximum atomic E-state index is 9.22. The van der Waals surface area contributed by atoms with E-state index in [4.69, 9.17) is 14.2 Å². The predicted molar refractivity (Wildman–Crippen MR) is 89.5 cm³/mol. The highest BCUT2D eigenvalue weighted by atomic mass is 16.5. The lowest BCUT2D eigenvalue weighted by atomic mass is 10.1. The second-order valence-electron chi connectivity index (χ2n) is 5.88. The van der Waals surface area contributed by atoms with Gasteiger partial charge in [-0.05, 0) is 19.5 Å². The van der Waals surface area contributed by atoms with Gasteiger partial charge in [-0.3, -0.25) is 4.90 Å².